The first-order chi connectivity index (χ1) is 13.8. The number of benzene rings is 1. The van der Waals surface area contributed by atoms with E-state index in [0.717, 1.165) is 18.4 Å². The van der Waals surface area contributed by atoms with Crippen LogP contribution in [0.15, 0.2) is 60.6 Å². The van der Waals surface area contributed by atoms with Crippen LogP contribution in [-0.4, -0.2) is 28.6 Å². The highest BCUT2D eigenvalue weighted by molar-refractivity contribution is 5.94. The first-order valence-corrected chi connectivity index (χ1v) is 9.14. The standard InChI is InChI=1S/C21H20N6O/c28-21-18(24-14-25-21)7-4-12-22-19-20(26-16-10-11-16)27-17(13-23-19)9-8-15-5-2-1-3-6-15/h1-7,12-13,16,24H,10-11,14H2,(H,22,23)(H,25,28)(H,26,27)/b12-4+,18-7-. The summed E-state index contributed by atoms with van der Waals surface area (Å²) in [5.74, 6) is 7.35. The van der Waals surface area contributed by atoms with Crippen molar-refractivity contribution in [2.24, 2.45) is 0 Å². The lowest BCUT2D eigenvalue weighted by Crippen LogP contribution is -2.14. The Bertz CT molecular complexity index is 983. The van der Waals surface area contributed by atoms with Crippen LogP contribution in [0, 0.1) is 11.8 Å². The molecular formula is C21H20N6O. The van der Waals surface area contributed by atoms with Gasteiger partial charge in [0.25, 0.3) is 5.91 Å². The topological polar surface area (TPSA) is 91.0 Å². The molecule has 1 aliphatic carbocycles. The molecule has 2 aromatic rings. The van der Waals surface area contributed by atoms with Gasteiger partial charge in [0.2, 0.25) is 0 Å². The molecule has 4 N–H and O–H groups in total. The summed E-state index contributed by atoms with van der Waals surface area (Å²) in [6.45, 7) is 0.457. The number of hydrogen-bond acceptors (Lipinski definition) is 6. The molecule has 1 saturated carbocycles. The van der Waals surface area contributed by atoms with E-state index < -0.39 is 0 Å². The van der Waals surface area contributed by atoms with E-state index in [2.05, 4.69) is 43.1 Å². The minimum Gasteiger partial charge on any atom is -0.364 e. The number of allylic oxidation sites excluding steroid dienone is 2. The van der Waals surface area contributed by atoms with Gasteiger partial charge in [0.05, 0.1) is 12.9 Å². The molecule has 28 heavy (non-hydrogen) atoms. The number of aromatic nitrogens is 2. The van der Waals surface area contributed by atoms with Crippen LogP contribution in [0.5, 0.6) is 0 Å². The molecule has 140 valence electrons. The van der Waals surface area contributed by atoms with E-state index in [-0.39, 0.29) is 5.91 Å². The highest BCUT2D eigenvalue weighted by atomic mass is 16.2. The number of nitrogens with zero attached hydrogens (tertiary/aromatic N) is 2. The molecule has 0 atom stereocenters. The Labute approximate surface area is 163 Å². The Kier molecular flexibility index (Phi) is 5.20. The van der Waals surface area contributed by atoms with E-state index in [1.165, 1.54) is 0 Å². The number of hydrogen-bond donors (Lipinski definition) is 4. The Morgan fingerprint density at radius 1 is 1.11 bits per heavy atom. The first-order valence-electron chi connectivity index (χ1n) is 9.14. The molecular weight excluding hydrogens is 352 g/mol. The van der Waals surface area contributed by atoms with Gasteiger partial charge in [-0.1, -0.05) is 24.1 Å². The van der Waals surface area contributed by atoms with Crippen LogP contribution >= 0.6 is 0 Å². The van der Waals surface area contributed by atoms with Crippen LogP contribution in [-0.2, 0) is 4.79 Å². The molecule has 1 aromatic heterocycles. The monoisotopic (exact) mass is 372 g/mol. The van der Waals surface area contributed by atoms with Crippen molar-refractivity contribution in [3.05, 3.63) is 71.8 Å². The Hall–Kier alpha value is -3.79. The second kappa shape index (κ2) is 8.27. The normalized spacial score (nSPS) is 17.0. The molecule has 0 spiro atoms. The second-order valence-electron chi connectivity index (χ2n) is 6.43. The molecule has 0 radical (unpaired) electrons. The summed E-state index contributed by atoms with van der Waals surface area (Å²) in [7, 11) is 0. The average Bonchev–Trinajstić information content (AvgIpc) is 3.45. The van der Waals surface area contributed by atoms with Gasteiger partial charge in [-0.15, -0.1) is 0 Å². The van der Waals surface area contributed by atoms with E-state index >= 15 is 0 Å². The third-order valence-electron chi connectivity index (χ3n) is 4.15. The number of carbonyl (C=O) groups is 1. The predicted octanol–water partition coefficient (Wildman–Crippen LogP) is 1.94. The molecule has 7 nitrogen and oxygen atoms in total. The van der Waals surface area contributed by atoms with Crippen molar-refractivity contribution < 1.29 is 4.79 Å². The van der Waals surface area contributed by atoms with E-state index in [4.69, 9.17) is 0 Å². The summed E-state index contributed by atoms with van der Waals surface area (Å²) >= 11 is 0. The minimum absolute atomic E-state index is 0.109. The quantitative estimate of drug-likeness (QED) is 0.474. The largest absolute Gasteiger partial charge is 0.364 e. The second-order valence-corrected chi connectivity index (χ2v) is 6.43. The first kappa shape index (κ1) is 17.6. The van der Waals surface area contributed by atoms with Crippen molar-refractivity contribution in [2.75, 3.05) is 17.3 Å². The van der Waals surface area contributed by atoms with Gasteiger partial charge in [-0.2, -0.15) is 0 Å². The summed E-state index contributed by atoms with van der Waals surface area (Å²) < 4.78 is 0. The molecule has 1 amide bonds. The number of carbonyl (C=O) groups excluding carboxylic acids is 1. The van der Waals surface area contributed by atoms with Gasteiger partial charge in [-0.05, 0) is 43.0 Å². The molecule has 2 fully saturated rings. The third-order valence-corrected chi connectivity index (χ3v) is 4.15. The predicted molar refractivity (Wildman–Crippen MR) is 108 cm³/mol. The van der Waals surface area contributed by atoms with Crippen LogP contribution in [0.25, 0.3) is 0 Å². The molecule has 1 aromatic carbocycles. The van der Waals surface area contributed by atoms with Gasteiger partial charge in [0.15, 0.2) is 11.6 Å². The summed E-state index contributed by atoms with van der Waals surface area (Å²) in [6, 6.07) is 10.2. The van der Waals surface area contributed by atoms with E-state index in [9.17, 15) is 4.79 Å². The maximum Gasteiger partial charge on any atom is 0.268 e. The maximum atomic E-state index is 11.5. The average molecular weight is 372 g/mol. The minimum atomic E-state index is -0.109. The molecule has 2 aliphatic rings. The summed E-state index contributed by atoms with van der Waals surface area (Å²) in [6.07, 6.45) is 9.08. The van der Waals surface area contributed by atoms with Gasteiger partial charge in [-0.3, -0.25) is 4.79 Å². The molecule has 0 unspecified atom stereocenters. The number of anilines is 2. The lowest BCUT2D eigenvalue weighted by atomic mass is 10.2. The lowest BCUT2D eigenvalue weighted by molar-refractivity contribution is -0.116. The molecule has 7 heteroatoms. The zero-order valence-corrected chi connectivity index (χ0v) is 15.2. The summed E-state index contributed by atoms with van der Waals surface area (Å²) in [5.41, 5.74) is 2.08. The van der Waals surface area contributed by atoms with Crippen LogP contribution in [0.2, 0.25) is 0 Å². The number of rotatable bonds is 5. The van der Waals surface area contributed by atoms with Crippen LogP contribution in [0.3, 0.4) is 0 Å². The third kappa shape index (κ3) is 4.68. The molecule has 0 bridgehead atoms. The fourth-order valence-corrected chi connectivity index (χ4v) is 2.54. The van der Waals surface area contributed by atoms with Crippen molar-refractivity contribution in [2.45, 2.75) is 18.9 Å². The number of nitrogens with one attached hydrogen (secondary N) is 4. The lowest BCUT2D eigenvalue weighted by Gasteiger charge is -2.09. The smallest absolute Gasteiger partial charge is 0.268 e. The molecule has 4 rings (SSSR count). The zero-order chi connectivity index (χ0) is 19.2. The van der Waals surface area contributed by atoms with Crippen LogP contribution < -0.4 is 21.3 Å². The van der Waals surface area contributed by atoms with E-state index in [1.807, 2.05) is 30.3 Å². The Morgan fingerprint density at radius 3 is 2.71 bits per heavy atom. The van der Waals surface area contributed by atoms with Gasteiger partial charge in [-0.25, -0.2) is 9.97 Å². The van der Waals surface area contributed by atoms with Gasteiger partial charge in [0.1, 0.15) is 11.4 Å². The van der Waals surface area contributed by atoms with Crippen molar-refractivity contribution in [1.29, 1.82) is 0 Å². The van der Waals surface area contributed by atoms with E-state index in [1.54, 1.807) is 24.5 Å². The van der Waals surface area contributed by atoms with E-state index in [0.29, 0.717) is 35.7 Å². The summed E-state index contributed by atoms with van der Waals surface area (Å²) in [4.78, 5) is 20.5. The van der Waals surface area contributed by atoms with Gasteiger partial charge >= 0.3 is 0 Å². The van der Waals surface area contributed by atoms with Crippen molar-refractivity contribution >= 4 is 17.5 Å². The fourth-order valence-electron chi connectivity index (χ4n) is 2.54. The van der Waals surface area contributed by atoms with Crippen molar-refractivity contribution in [1.82, 2.24) is 20.6 Å². The number of amides is 1. The molecule has 1 saturated heterocycles. The summed E-state index contributed by atoms with van der Waals surface area (Å²) in [5, 5.41) is 12.1. The fraction of sp³-hybridized carbons (Fsp3) is 0.190. The highest BCUT2D eigenvalue weighted by Crippen LogP contribution is 2.27. The van der Waals surface area contributed by atoms with Gasteiger partial charge in [0, 0.05) is 17.8 Å². The SMILES string of the molecule is O=C1NCN/C1=C\C=C\Nc1ncc(C#Cc2ccccc2)nc1NC1CC1. The van der Waals surface area contributed by atoms with Crippen LogP contribution in [0.4, 0.5) is 11.6 Å². The molecule has 1 aliphatic heterocycles. The van der Waals surface area contributed by atoms with Gasteiger partial charge < -0.3 is 21.3 Å². The maximum absolute atomic E-state index is 11.5. The van der Waals surface area contributed by atoms with Crippen molar-refractivity contribution in [3.63, 3.8) is 0 Å². The Balaban J connectivity index is 1.48. The van der Waals surface area contributed by atoms with Crippen LogP contribution in [0.1, 0.15) is 24.1 Å². The Morgan fingerprint density at radius 2 is 1.96 bits per heavy atom. The highest BCUT2D eigenvalue weighted by Gasteiger charge is 2.23. The van der Waals surface area contributed by atoms with Crippen molar-refractivity contribution in [3.8, 4) is 11.8 Å². The molecule has 2 heterocycles. The zero-order valence-electron chi connectivity index (χ0n) is 15.2.